The van der Waals surface area contributed by atoms with Crippen LogP contribution in [0.5, 0.6) is 0 Å². The molecule has 11 rings (SSSR count). The van der Waals surface area contributed by atoms with Crippen molar-refractivity contribution in [2.45, 2.75) is 0 Å². The zero-order valence-electron chi connectivity index (χ0n) is 26.2. The Morgan fingerprint density at radius 2 is 0.562 bits per heavy atom. The molecule has 0 nitrogen and oxygen atoms in total. The Hall–Kier alpha value is -6.24. The van der Waals surface area contributed by atoms with E-state index in [-0.39, 0.29) is 0 Å². The monoisotopic (exact) mass is 604 g/mol. The fraction of sp³-hybridized carbons (Fsp3) is 0. The summed E-state index contributed by atoms with van der Waals surface area (Å²) < 4.78 is 0. The summed E-state index contributed by atoms with van der Waals surface area (Å²) >= 11 is 0. The summed E-state index contributed by atoms with van der Waals surface area (Å²) in [6.07, 6.45) is 0. The van der Waals surface area contributed by atoms with E-state index in [1.165, 1.54) is 108 Å². The molecule has 0 heteroatoms. The van der Waals surface area contributed by atoms with Crippen LogP contribution in [-0.4, -0.2) is 0 Å². The van der Waals surface area contributed by atoms with Crippen molar-refractivity contribution in [2.75, 3.05) is 0 Å². The number of rotatable bonds is 2. The summed E-state index contributed by atoms with van der Waals surface area (Å²) in [7, 11) is 0. The van der Waals surface area contributed by atoms with Gasteiger partial charge in [-0.2, -0.15) is 0 Å². The van der Waals surface area contributed by atoms with Gasteiger partial charge >= 0.3 is 0 Å². The highest BCUT2D eigenvalue weighted by Crippen LogP contribution is 2.46. The van der Waals surface area contributed by atoms with Gasteiger partial charge in [-0.25, -0.2) is 0 Å². The van der Waals surface area contributed by atoms with E-state index in [9.17, 15) is 0 Å². The maximum absolute atomic E-state index is 2.46. The molecule has 0 saturated heterocycles. The largest absolute Gasteiger partial charge is 0.0616 e. The van der Waals surface area contributed by atoms with E-state index < -0.39 is 0 Å². The number of hydrogen-bond acceptors (Lipinski definition) is 0. The third-order valence-corrected chi connectivity index (χ3v) is 10.7. The Morgan fingerprint density at radius 1 is 0.208 bits per heavy atom. The van der Waals surface area contributed by atoms with E-state index in [1.54, 1.807) is 0 Å². The molecule has 0 fully saturated rings. The second-order valence-electron chi connectivity index (χ2n) is 13.2. The van der Waals surface area contributed by atoms with Crippen LogP contribution in [-0.2, 0) is 0 Å². The van der Waals surface area contributed by atoms with Crippen molar-refractivity contribution in [1.82, 2.24) is 0 Å². The summed E-state index contributed by atoms with van der Waals surface area (Å²) in [5, 5.41) is 20.7. The zero-order chi connectivity index (χ0) is 31.3. The van der Waals surface area contributed by atoms with E-state index in [1.807, 2.05) is 0 Å². The fourth-order valence-corrected chi connectivity index (χ4v) is 8.62. The topological polar surface area (TPSA) is 0 Å². The van der Waals surface area contributed by atoms with Crippen LogP contribution in [0.2, 0.25) is 0 Å². The SMILES string of the molecule is c1ccc2c(-c3cc4ccc5cccc6c7cc(-c8cccc9ccccc89)cc8ccc9cccc(c(c3)c4c56)c9c87)cccc2c1. The maximum atomic E-state index is 2.46. The van der Waals surface area contributed by atoms with E-state index in [0.717, 1.165) is 0 Å². The number of fused-ring (bicyclic) bond motifs is 4. The Bertz CT molecular complexity index is 2880. The van der Waals surface area contributed by atoms with Gasteiger partial charge in [0, 0.05) is 0 Å². The summed E-state index contributed by atoms with van der Waals surface area (Å²) in [6, 6.07) is 63.6. The van der Waals surface area contributed by atoms with Crippen molar-refractivity contribution in [2.24, 2.45) is 0 Å². The molecule has 0 heterocycles. The van der Waals surface area contributed by atoms with Gasteiger partial charge in [0.25, 0.3) is 0 Å². The first-order valence-electron chi connectivity index (χ1n) is 16.8. The molecule has 0 unspecified atom stereocenters. The first kappa shape index (κ1) is 25.9. The maximum Gasteiger partial charge on any atom is -0.00199 e. The Labute approximate surface area is 277 Å². The third-order valence-electron chi connectivity index (χ3n) is 10.7. The normalized spacial score (nSPS) is 12.2. The highest BCUT2D eigenvalue weighted by Gasteiger charge is 2.18. The molecule has 0 radical (unpaired) electrons. The molecule has 11 aromatic carbocycles. The average Bonchev–Trinajstić information content (AvgIpc) is 3.15. The average molecular weight is 605 g/mol. The molecule has 11 aromatic rings. The summed E-state index contributed by atoms with van der Waals surface area (Å²) in [5.74, 6) is 0. The van der Waals surface area contributed by atoms with Gasteiger partial charge in [-0.3, -0.25) is 0 Å². The lowest BCUT2D eigenvalue weighted by molar-refractivity contribution is 1.70. The van der Waals surface area contributed by atoms with Crippen LogP contribution >= 0.6 is 0 Å². The second kappa shape index (κ2) is 9.64. The van der Waals surface area contributed by atoms with Crippen molar-refractivity contribution in [1.29, 1.82) is 0 Å². The van der Waals surface area contributed by atoms with Crippen molar-refractivity contribution in [3.05, 3.63) is 170 Å². The zero-order valence-corrected chi connectivity index (χ0v) is 26.2. The minimum Gasteiger partial charge on any atom is -0.0616 e. The van der Waals surface area contributed by atoms with Gasteiger partial charge in [0.1, 0.15) is 0 Å². The quantitative estimate of drug-likeness (QED) is 0.172. The Morgan fingerprint density at radius 3 is 1.06 bits per heavy atom. The highest BCUT2D eigenvalue weighted by molar-refractivity contribution is 6.37. The van der Waals surface area contributed by atoms with Gasteiger partial charge in [-0.05, 0) is 133 Å². The lowest BCUT2D eigenvalue weighted by Gasteiger charge is -2.18. The molecule has 220 valence electrons. The Balaban J connectivity index is 1.37. The van der Waals surface area contributed by atoms with Crippen molar-refractivity contribution < 1.29 is 0 Å². The van der Waals surface area contributed by atoms with Gasteiger partial charge in [0.05, 0.1) is 0 Å². The predicted molar refractivity (Wildman–Crippen MR) is 209 cm³/mol. The van der Waals surface area contributed by atoms with Gasteiger partial charge in [-0.15, -0.1) is 0 Å². The molecule has 0 saturated carbocycles. The molecule has 0 N–H and O–H groups in total. The van der Waals surface area contributed by atoms with E-state index >= 15 is 0 Å². The molecule has 0 aromatic heterocycles. The predicted octanol–water partition coefficient (Wildman–Crippen LogP) is 13.7. The smallest absolute Gasteiger partial charge is 0.00199 e. The van der Waals surface area contributed by atoms with E-state index in [4.69, 9.17) is 0 Å². The summed E-state index contributed by atoms with van der Waals surface area (Å²) in [6.45, 7) is 0. The number of hydrogen-bond donors (Lipinski definition) is 0. The Kier molecular flexibility index (Phi) is 5.20. The third kappa shape index (κ3) is 3.55. The molecule has 0 bridgehead atoms. The molecular formula is C48H28. The highest BCUT2D eigenvalue weighted by atomic mass is 14.2. The van der Waals surface area contributed by atoms with Crippen molar-refractivity contribution in [3.8, 4) is 22.3 Å². The fourth-order valence-electron chi connectivity index (χ4n) is 8.62. The molecule has 0 aliphatic carbocycles. The van der Waals surface area contributed by atoms with Crippen molar-refractivity contribution in [3.63, 3.8) is 0 Å². The standard InChI is InChI=1S/C48H28/c1-3-15-37-29(9-1)11-5-17-39(37)35-25-33-23-21-31-14-8-20-42-44-28-36(40-18-6-12-30-10-2-4-16-38(30)40)26-34-24-22-32-13-7-19-41(45(32)48(34)44)43(27-35)47(33)46(31)42/h1-28H. The van der Waals surface area contributed by atoms with Gasteiger partial charge in [0.2, 0.25) is 0 Å². The molecule has 0 atom stereocenters. The van der Waals surface area contributed by atoms with Crippen LogP contribution in [0.3, 0.4) is 0 Å². The van der Waals surface area contributed by atoms with Crippen LogP contribution in [0.1, 0.15) is 0 Å². The van der Waals surface area contributed by atoms with Gasteiger partial charge in [-0.1, -0.05) is 146 Å². The lowest BCUT2D eigenvalue weighted by atomic mass is 9.85. The first-order valence-corrected chi connectivity index (χ1v) is 16.8. The van der Waals surface area contributed by atoms with E-state index in [2.05, 4.69) is 170 Å². The minimum atomic E-state index is 1.25. The van der Waals surface area contributed by atoms with Crippen LogP contribution in [0.25, 0.3) is 108 Å². The van der Waals surface area contributed by atoms with Gasteiger partial charge < -0.3 is 0 Å². The molecular weight excluding hydrogens is 577 g/mol. The summed E-state index contributed by atoms with van der Waals surface area (Å²) in [4.78, 5) is 0. The van der Waals surface area contributed by atoms with Crippen LogP contribution in [0.15, 0.2) is 170 Å². The van der Waals surface area contributed by atoms with Crippen LogP contribution < -0.4 is 0 Å². The molecule has 0 spiro atoms. The van der Waals surface area contributed by atoms with Crippen molar-refractivity contribution >= 4 is 86.2 Å². The molecule has 0 amide bonds. The number of benzene rings is 10. The minimum absolute atomic E-state index is 1.25. The van der Waals surface area contributed by atoms with Crippen LogP contribution in [0.4, 0.5) is 0 Å². The van der Waals surface area contributed by atoms with Gasteiger partial charge in [0.15, 0.2) is 0 Å². The summed E-state index contributed by atoms with van der Waals surface area (Å²) in [5.41, 5.74) is 5.05. The molecule has 0 aliphatic rings. The first-order chi connectivity index (χ1) is 23.8. The molecule has 48 heavy (non-hydrogen) atoms. The molecule has 0 aliphatic heterocycles. The lowest BCUT2D eigenvalue weighted by Crippen LogP contribution is -1.91. The second-order valence-corrected chi connectivity index (χ2v) is 13.2. The van der Waals surface area contributed by atoms with E-state index in [0.29, 0.717) is 0 Å². The van der Waals surface area contributed by atoms with Crippen LogP contribution in [0, 0.1) is 0 Å².